The molecule has 0 saturated carbocycles. The van der Waals surface area contributed by atoms with Crippen LogP contribution in [0.15, 0.2) is 34.9 Å². The van der Waals surface area contributed by atoms with Crippen LogP contribution in [-0.4, -0.2) is 44.6 Å². The minimum absolute atomic E-state index is 0.00629. The first-order valence-corrected chi connectivity index (χ1v) is 9.06. The molecule has 1 aromatic heterocycles. The number of benzene rings is 1. The van der Waals surface area contributed by atoms with Crippen molar-refractivity contribution in [2.45, 2.75) is 36.9 Å². The van der Waals surface area contributed by atoms with Crippen molar-refractivity contribution >= 4 is 23.6 Å². The highest BCUT2D eigenvalue weighted by molar-refractivity contribution is 8.01. The highest BCUT2D eigenvalue weighted by Crippen LogP contribution is 2.46. The van der Waals surface area contributed by atoms with Crippen molar-refractivity contribution in [1.82, 2.24) is 15.4 Å². The van der Waals surface area contributed by atoms with Gasteiger partial charge < -0.3 is 14.7 Å². The fourth-order valence-electron chi connectivity index (χ4n) is 3.38. The molecule has 2 fully saturated rings. The van der Waals surface area contributed by atoms with E-state index in [0.29, 0.717) is 17.0 Å². The second kappa shape index (κ2) is 5.62. The number of rotatable bonds is 3. The number of β-lactam (4-membered cyclic amide) rings is 1. The summed E-state index contributed by atoms with van der Waals surface area (Å²) in [6.07, 6.45) is 0. The Labute approximate surface area is 149 Å². The molecule has 0 unspecified atom stereocenters. The van der Waals surface area contributed by atoms with Crippen molar-refractivity contribution in [1.29, 1.82) is 0 Å². The summed E-state index contributed by atoms with van der Waals surface area (Å²) in [5.74, 6) is 0.104. The van der Waals surface area contributed by atoms with E-state index in [9.17, 15) is 9.59 Å². The molecule has 1 N–H and O–H groups in total. The summed E-state index contributed by atoms with van der Waals surface area (Å²) in [5.41, 5.74) is 1.70. The summed E-state index contributed by atoms with van der Waals surface area (Å²) < 4.78 is 5.26. The van der Waals surface area contributed by atoms with Gasteiger partial charge in [-0.1, -0.05) is 35.5 Å². The smallest absolute Gasteiger partial charge is 0.257 e. The van der Waals surface area contributed by atoms with E-state index >= 15 is 0 Å². The van der Waals surface area contributed by atoms with Crippen LogP contribution in [0, 0.1) is 6.92 Å². The molecule has 0 radical (unpaired) electrons. The molecule has 2 saturated heterocycles. The first-order chi connectivity index (χ1) is 11.9. The van der Waals surface area contributed by atoms with Gasteiger partial charge in [0, 0.05) is 16.9 Å². The minimum Gasteiger partial charge on any atom is -0.360 e. The maximum absolute atomic E-state index is 12.8. The number of carbonyl (C=O) groups is 2. The van der Waals surface area contributed by atoms with Gasteiger partial charge in [-0.15, -0.1) is 11.8 Å². The Kier molecular flexibility index (Phi) is 3.64. The quantitative estimate of drug-likeness (QED) is 0.854. The Morgan fingerprint density at radius 1 is 1.36 bits per heavy atom. The lowest BCUT2D eigenvalue weighted by Crippen LogP contribution is -2.67. The second-order valence-corrected chi connectivity index (χ2v) is 8.84. The summed E-state index contributed by atoms with van der Waals surface area (Å²) in [6, 6.07) is 8.92. The number of carbonyl (C=O) groups excluding carboxylic acids is 2. The maximum atomic E-state index is 12.8. The molecule has 1 aromatic carbocycles. The molecule has 130 valence electrons. The first-order valence-electron chi connectivity index (χ1n) is 8.18. The summed E-state index contributed by atoms with van der Waals surface area (Å²) in [4.78, 5) is 27.0. The number of hydrogen-bond acceptors (Lipinski definition) is 5. The Morgan fingerprint density at radius 2 is 2.08 bits per heavy atom. The lowest BCUT2D eigenvalue weighted by Gasteiger charge is -2.41. The Hall–Kier alpha value is -2.28. The molecule has 4 rings (SSSR count). The highest BCUT2D eigenvalue weighted by Gasteiger charge is 2.56. The van der Waals surface area contributed by atoms with Crippen LogP contribution in [-0.2, 0) is 4.79 Å². The van der Waals surface area contributed by atoms with E-state index in [1.807, 2.05) is 35.2 Å². The van der Waals surface area contributed by atoms with E-state index in [4.69, 9.17) is 4.52 Å². The van der Waals surface area contributed by atoms with Crippen molar-refractivity contribution in [2.75, 3.05) is 6.54 Å². The summed E-state index contributed by atoms with van der Waals surface area (Å²) >= 11 is 1.72. The SMILES string of the molecule is Cc1onc(-c2ccccc2)c1C(=O)N[C@@H]1C(=O)N2CC(C)(C)S[C@H]12. The summed E-state index contributed by atoms with van der Waals surface area (Å²) in [7, 11) is 0. The van der Waals surface area contributed by atoms with Crippen LogP contribution in [0.4, 0.5) is 0 Å². The highest BCUT2D eigenvalue weighted by atomic mass is 32.2. The van der Waals surface area contributed by atoms with Gasteiger partial charge in [-0.3, -0.25) is 9.59 Å². The Morgan fingerprint density at radius 3 is 2.80 bits per heavy atom. The number of aromatic nitrogens is 1. The van der Waals surface area contributed by atoms with Crippen molar-refractivity contribution in [3.8, 4) is 11.3 Å². The van der Waals surface area contributed by atoms with E-state index in [2.05, 4.69) is 24.3 Å². The van der Waals surface area contributed by atoms with Crippen molar-refractivity contribution < 1.29 is 14.1 Å². The molecule has 2 aliphatic rings. The van der Waals surface area contributed by atoms with Gasteiger partial charge in [-0.2, -0.15) is 0 Å². The van der Waals surface area contributed by atoms with Crippen LogP contribution in [0.3, 0.4) is 0 Å². The molecular formula is C18H19N3O3S. The van der Waals surface area contributed by atoms with Gasteiger partial charge in [0.15, 0.2) is 0 Å². The van der Waals surface area contributed by atoms with E-state index in [1.165, 1.54) is 0 Å². The zero-order valence-corrected chi connectivity index (χ0v) is 15.1. The van der Waals surface area contributed by atoms with Gasteiger partial charge in [0.05, 0.1) is 0 Å². The molecule has 3 heterocycles. The third kappa shape index (κ3) is 2.63. The molecule has 25 heavy (non-hydrogen) atoms. The molecular weight excluding hydrogens is 338 g/mol. The largest absolute Gasteiger partial charge is 0.360 e. The molecule has 2 atom stereocenters. The predicted molar refractivity (Wildman–Crippen MR) is 95.1 cm³/mol. The van der Waals surface area contributed by atoms with Gasteiger partial charge in [0.2, 0.25) is 5.91 Å². The van der Waals surface area contributed by atoms with E-state index < -0.39 is 6.04 Å². The molecule has 0 spiro atoms. The topological polar surface area (TPSA) is 75.4 Å². The lowest BCUT2D eigenvalue weighted by molar-refractivity contribution is -0.144. The number of nitrogens with zero attached hydrogens (tertiary/aromatic N) is 2. The fraction of sp³-hybridized carbons (Fsp3) is 0.389. The zero-order valence-electron chi connectivity index (χ0n) is 14.3. The van der Waals surface area contributed by atoms with Crippen molar-refractivity contribution in [3.05, 3.63) is 41.7 Å². The third-order valence-electron chi connectivity index (χ3n) is 4.56. The Balaban J connectivity index is 1.57. The average molecular weight is 357 g/mol. The van der Waals surface area contributed by atoms with E-state index in [1.54, 1.807) is 18.7 Å². The van der Waals surface area contributed by atoms with Gasteiger partial charge in [0.1, 0.15) is 28.4 Å². The Bertz CT molecular complexity index is 847. The fourth-order valence-corrected chi connectivity index (χ4v) is 4.87. The third-order valence-corrected chi connectivity index (χ3v) is 6.09. The van der Waals surface area contributed by atoms with Crippen LogP contribution in [0.5, 0.6) is 0 Å². The number of aryl methyl sites for hydroxylation is 1. The van der Waals surface area contributed by atoms with Gasteiger partial charge in [0.25, 0.3) is 5.91 Å². The molecule has 6 nitrogen and oxygen atoms in total. The molecule has 2 aliphatic heterocycles. The monoisotopic (exact) mass is 357 g/mol. The average Bonchev–Trinajstić information content (AvgIpc) is 3.11. The predicted octanol–water partition coefficient (Wildman–Crippen LogP) is 2.44. The van der Waals surface area contributed by atoms with Crippen LogP contribution < -0.4 is 5.32 Å². The minimum atomic E-state index is -0.489. The molecule has 2 amide bonds. The number of amides is 2. The number of thioether (sulfide) groups is 1. The normalized spacial score (nSPS) is 24.0. The summed E-state index contributed by atoms with van der Waals surface area (Å²) in [5, 5.41) is 6.91. The van der Waals surface area contributed by atoms with Gasteiger partial charge >= 0.3 is 0 Å². The molecule has 2 aromatic rings. The molecule has 0 bridgehead atoms. The number of fused-ring (bicyclic) bond motifs is 1. The van der Waals surface area contributed by atoms with Crippen molar-refractivity contribution in [2.24, 2.45) is 0 Å². The zero-order chi connectivity index (χ0) is 17.8. The van der Waals surface area contributed by atoms with E-state index in [0.717, 1.165) is 12.1 Å². The molecule has 0 aliphatic carbocycles. The second-order valence-electron chi connectivity index (χ2n) is 7.01. The van der Waals surface area contributed by atoms with Crippen LogP contribution in [0.2, 0.25) is 0 Å². The lowest BCUT2D eigenvalue weighted by atomic mass is 10.0. The standard InChI is InChI=1S/C18H19N3O3S/c1-10-12(13(20-24-10)11-7-5-4-6-8-11)15(22)19-14-16(23)21-9-18(2,3)25-17(14)21/h4-8,14,17H,9H2,1-3H3,(H,19,22)/t14-,17-/m1/s1. The number of nitrogens with one attached hydrogen (secondary N) is 1. The van der Waals surface area contributed by atoms with Crippen LogP contribution in [0.1, 0.15) is 30.0 Å². The van der Waals surface area contributed by atoms with Crippen molar-refractivity contribution in [3.63, 3.8) is 0 Å². The van der Waals surface area contributed by atoms with Gasteiger partial charge in [-0.05, 0) is 20.8 Å². The maximum Gasteiger partial charge on any atom is 0.257 e. The van der Waals surface area contributed by atoms with E-state index in [-0.39, 0.29) is 21.9 Å². The first kappa shape index (κ1) is 16.2. The van der Waals surface area contributed by atoms with Gasteiger partial charge in [-0.25, -0.2) is 0 Å². The van der Waals surface area contributed by atoms with Crippen LogP contribution in [0.25, 0.3) is 11.3 Å². The number of hydrogen-bond donors (Lipinski definition) is 1. The summed E-state index contributed by atoms with van der Waals surface area (Å²) in [6.45, 7) is 6.64. The van der Waals surface area contributed by atoms with Crippen LogP contribution >= 0.6 is 11.8 Å². The molecule has 7 heteroatoms.